The quantitative estimate of drug-likeness (QED) is 0.810. The van der Waals surface area contributed by atoms with Crippen LogP contribution in [0.5, 0.6) is 0 Å². The highest BCUT2D eigenvalue weighted by atomic mass is 19.2. The Hall–Kier alpha value is -1.57. The van der Waals surface area contributed by atoms with Crippen LogP contribution >= 0.6 is 0 Å². The van der Waals surface area contributed by atoms with Crippen LogP contribution in [0.3, 0.4) is 0 Å². The molecule has 2 fully saturated rings. The minimum absolute atomic E-state index is 0.0652. The van der Waals surface area contributed by atoms with Gasteiger partial charge in [0.25, 0.3) is 5.91 Å². The van der Waals surface area contributed by atoms with Crippen LogP contribution in [0.4, 0.5) is 8.78 Å². The van der Waals surface area contributed by atoms with E-state index in [9.17, 15) is 13.6 Å². The molecule has 1 aromatic rings. The molecule has 3 rings (SSSR count). The summed E-state index contributed by atoms with van der Waals surface area (Å²) in [5.41, 5.74) is 0.187. The van der Waals surface area contributed by atoms with Crippen molar-refractivity contribution >= 4 is 5.91 Å². The second kappa shape index (κ2) is 8.69. The van der Waals surface area contributed by atoms with Crippen molar-refractivity contribution in [1.82, 2.24) is 9.80 Å². The third-order valence-electron chi connectivity index (χ3n) is 4.82. The van der Waals surface area contributed by atoms with E-state index in [4.69, 9.17) is 9.47 Å². The SMILES string of the molecule is O=C(c1ccc(F)c(F)c1)N(CCN1CCOCC1)C1CCOCC1. The van der Waals surface area contributed by atoms with Crippen molar-refractivity contribution in [2.75, 3.05) is 52.6 Å². The van der Waals surface area contributed by atoms with Gasteiger partial charge in [-0.15, -0.1) is 0 Å². The number of benzene rings is 1. The molecule has 0 atom stereocenters. The van der Waals surface area contributed by atoms with Crippen molar-refractivity contribution < 1.29 is 23.0 Å². The lowest BCUT2D eigenvalue weighted by Gasteiger charge is -2.36. The number of hydrogen-bond donors (Lipinski definition) is 0. The zero-order valence-corrected chi connectivity index (χ0v) is 14.3. The highest BCUT2D eigenvalue weighted by Crippen LogP contribution is 2.19. The molecule has 0 aliphatic carbocycles. The van der Waals surface area contributed by atoms with Gasteiger partial charge in [-0.3, -0.25) is 9.69 Å². The highest BCUT2D eigenvalue weighted by molar-refractivity contribution is 5.94. The largest absolute Gasteiger partial charge is 0.381 e. The van der Waals surface area contributed by atoms with Gasteiger partial charge < -0.3 is 14.4 Å². The number of carbonyl (C=O) groups is 1. The summed E-state index contributed by atoms with van der Waals surface area (Å²) in [6.45, 7) is 5.64. The Morgan fingerprint density at radius 1 is 1.08 bits per heavy atom. The van der Waals surface area contributed by atoms with E-state index in [2.05, 4.69) is 4.90 Å². The maximum Gasteiger partial charge on any atom is 0.254 e. The Balaban J connectivity index is 1.71. The molecule has 0 spiro atoms. The van der Waals surface area contributed by atoms with Gasteiger partial charge in [-0.2, -0.15) is 0 Å². The van der Waals surface area contributed by atoms with Crippen LogP contribution < -0.4 is 0 Å². The van der Waals surface area contributed by atoms with Gasteiger partial charge in [0.2, 0.25) is 0 Å². The number of halogens is 2. The molecule has 2 saturated heterocycles. The molecule has 0 N–H and O–H groups in total. The van der Waals surface area contributed by atoms with Gasteiger partial charge in [0.05, 0.1) is 13.2 Å². The first-order chi connectivity index (χ1) is 12.1. The van der Waals surface area contributed by atoms with Crippen LogP contribution in [-0.2, 0) is 9.47 Å². The smallest absolute Gasteiger partial charge is 0.254 e. The number of carbonyl (C=O) groups excluding carboxylic acids is 1. The first kappa shape index (κ1) is 18.2. The number of nitrogens with zero attached hydrogens (tertiary/aromatic N) is 2. The van der Waals surface area contributed by atoms with Gasteiger partial charge in [-0.05, 0) is 31.0 Å². The lowest BCUT2D eigenvalue weighted by molar-refractivity contribution is 0.0141. The van der Waals surface area contributed by atoms with Gasteiger partial charge in [-0.25, -0.2) is 8.78 Å². The molecule has 1 aromatic carbocycles. The summed E-state index contributed by atoms with van der Waals surface area (Å²) in [4.78, 5) is 17.0. The van der Waals surface area contributed by atoms with E-state index in [0.29, 0.717) is 33.0 Å². The monoisotopic (exact) mass is 354 g/mol. The van der Waals surface area contributed by atoms with Gasteiger partial charge in [-0.1, -0.05) is 0 Å². The molecular formula is C18H24F2N2O3. The molecule has 1 amide bonds. The number of ether oxygens (including phenoxy) is 2. The molecule has 7 heteroatoms. The van der Waals surface area contributed by atoms with Crippen molar-refractivity contribution in [3.8, 4) is 0 Å². The van der Waals surface area contributed by atoms with E-state index in [0.717, 1.165) is 44.6 Å². The summed E-state index contributed by atoms with van der Waals surface area (Å²) in [5, 5.41) is 0. The first-order valence-electron chi connectivity index (χ1n) is 8.79. The second-order valence-electron chi connectivity index (χ2n) is 6.42. The lowest BCUT2D eigenvalue weighted by Crippen LogP contribution is -2.48. The zero-order chi connectivity index (χ0) is 17.6. The second-order valence-corrected chi connectivity index (χ2v) is 6.42. The molecule has 2 aliphatic rings. The minimum Gasteiger partial charge on any atom is -0.381 e. The molecule has 2 aliphatic heterocycles. The van der Waals surface area contributed by atoms with Gasteiger partial charge in [0, 0.05) is 51.0 Å². The molecule has 0 aromatic heterocycles. The molecular weight excluding hydrogens is 330 g/mol. The van der Waals surface area contributed by atoms with Crippen molar-refractivity contribution in [2.24, 2.45) is 0 Å². The number of rotatable bonds is 5. The third-order valence-corrected chi connectivity index (χ3v) is 4.82. The van der Waals surface area contributed by atoms with Crippen LogP contribution in [0.1, 0.15) is 23.2 Å². The van der Waals surface area contributed by atoms with Crippen molar-refractivity contribution in [3.63, 3.8) is 0 Å². The van der Waals surface area contributed by atoms with Crippen LogP contribution in [0.2, 0.25) is 0 Å². The van der Waals surface area contributed by atoms with Gasteiger partial charge >= 0.3 is 0 Å². The van der Waals surface area contributed by atoms with E-state index in [-0.39, 0.29) is 17.5 Å². The fraction of sp³-hybridized carbons (Fsp3) is 0.611. The maximum absolute atomic E-state index is 13.5. The number of hydrogen-bond acceptors (Lipinski definition) is 4. The van der Waals surface area contributed by atoms with E-state index in [1.54, 1.807) is 4.90 Å². The maximum atomic E-state index is 13.5. The molecule has 0 unspecified atom stereocenters. The topological polar surface area (TPSA) is 42.0 Å². The fourth-order valence-electron chi connectivity index (χ4n) is 3.32. The van der Waals surface area contributed by atoms with E-state index >= 15 is 0 Å². The third kappa shape index (κ3) is 4.74. The Kier molecular flexibility index (Phi) is 6.34. The van der Waals surface area contributed by atoms with Crippen LogP contribution in [0.15, 0.2) is 18.2 Å². The summed E-state index contributed by atoms with van der Waals surface area (Å²) < 4.78 is 37.4. The zero-order valence-electron chi connectivity index (χ0n) is 14.3. The average molecular weight is 354 g/mol. The molecule has 0 bridgehead atoms. The lowest BCUT2D eigenvalue weighted by atomic mass is 10.0. The Morgan fingerprint density at radius 3 is 2.44 bits per heavy atom. The Morgan fingerprint density at radius 2 is 1.76 bits per heavy atom. The van der Waals surface area contributed by atoms with Crippen molar-refractivity contribution in [2.45, 2.75) is 18.9 Å². The van der Waals surface area contributed by atoms with Gasteiger partial charge in [0.15, 0.2) is 11.6 Å². The summed E-state index contributed by atoms with van der Waals surface area (Å²) in [7, 11) is 0. The van der Waals surface area contributed by atoms with Crippen LogP contribution in [-0.4, -0.2) is 74.4 Å². The normalized spacial score (nSPS) is 19.8. The van der Waals surface area contributed by atoms with E-state index < -0.39 is 11.6 Å². The summed E-state index contributed by atoms with van der Waals surface area (Å²) in [5.74, 6) is -2.19. The number of morpholine rings is 1. The molecule has 2 heterocycles. The first-order valence-corrected chi connectivity index (χ1v) is 8.79. The standard InChI is InChI=1S/C18H24F2N2O3/c19-16-2-1-14(13-17(16)20)18(23)22(15-3-9-24-10-4-15)6-5-21-7-11-25-12-8-21/h1-2,13,15H,3-12H2. The molecule has 138 valence electrons. The summed E-state index contributed by atoms with van der Waals surface area (Å²) >= 11 is 0. The number of amides is 1. The average Bonchev–Trinajstić information content (AvgIpc) is 2.66. The Bertz CT molecular complexity index is 588. The minimum atomic E-state index is -0.994. The molecule has 5 nitrogen and oxygen atoms in total. The van der Waals surface area contributed by atoms with E-state index in [1.165, 1.54) is 6.07 Å². The van der Waals surface area contributed by atoms with Crippen molar-refractivity contribution in [1.29, 1.82) is 0 Å². The summed E-state index contributed by atoms with van der Waals surface area (Å²) in [6.07, 6.45) is 1.52. The molecule has 25 heavy (non-hydrogen) atoms. The predicted octanol–water partition coefficient (Wildman–Crippen LogP) is 1.92. The van der Waals surface area contributed by atoms with Crippen molar-refractivity contribution in [3.05, 3.63) is 35.4 Å². The van der Waals surface area contributed by atoms with E-state index in [1.807, 2.05) is 0 Å². The van der Waals surface area contributed by atoms with Crippen LogP contribution in [0.25, 0.3) is 0 Å². The predicted molar refractivity (Wildman–Crippen MR) is 88.5 cm³/mol. The van der Waals surface area contributed by atoms with Crippen LogP contribution in [0, 0.1) is 11.6 Å². The summed E-state index contributed by atoms with van der Waals surface area (Å²) in [6, 6.07) is 3.41. The highest BCUT2D eigenvalue weighted by Gasteiger charge is 2.27. The molecule has 0 saturated carbocycles. The fourth-order valence-corrected chi connectivity index (χ4v) is 3.32. The Labute approximate surface area is 146 Å². The van der Waals surface area contributed by atoms with Gasteiger partial charge in [0.1, 0.15) is 0 Å². The molecule has 0 radical (unpaired) electrons.